The van der Waals surface area contributed by atoms with E-state index in [0.717, 1.165) is 11.8 Å². The number of hydrogen-bond acceptors (Lipinski definition) is 2. The maximum absolute atomic E-state index is 13.0. The van der Waals surface area contributed by atoms with Gasteiger partial charge in [0.25, 0.3) is 0 Å². The third-order valence-corrected chi connectivity index (χ3v) is 2.77. The van der Waals surface area contributed by atoms with Crippen molar-refractivity contribution in [3.05, 3.63) is 63.6 Å². The predicted molar refractivity (Wildman–Crippen MR) is 66.7 cm³/mol. The highest BCUT2D eigenvalue weighted by Crippen LogP contribution is 2.26. The molecule has 1 atom stereocenters. The van der Waals surface area contributed by atoms with E-state index in [9.17, 15) is 4.39 Å². The van der Waals surface area contributed by atoms with Crippen LogP contribution < -0.4 is 5.73 Å². The maximum Gasteiger partial charge on any atom is 0.141 e. The summed E-state index contributed by atoms with van der Waals surface area (Å²) < 4.78 is 13.0. The molecule has 2 nitrogen and oxygen atoms in total. The quantitative estimate of drug-likeness (QED) is 0.906. The fourth-order valence-electron chi connectivity index (χ4n) is 1.55. The highest BCUT2D eigenvalue weighted by molar-refractivity contribution is 6.34. The van der Waals surface area contributed by atoms with Crippen molar-refractivity contribution in [2.75, 3.05) is 0 Å². The van der Waals surface area contributed by atoms with E-state index in [1.165, 1.54) is 12.3 Å². The van der Waals surface area contributed by atoms with Gasteiger partial charge >= 0.3 is 0 Å². The summed E-state index contributed by atoms with van der Waals surface area (Å²) in [5.41, 5.74) is 7.29. The van der Waals surface area contributed by atoms with Gasteiger partial charge in [0.15, 0.2) is 0 Å². The summed E-state index contributed by atoms with van der Waals surface area (Å²) in [7, 11) is 0. The Morgan fingerprint density at radius 1 is 1.00 bits per heavy atom. The van der Waals surface area contributed by atoms with Crippen molar-refractivity contribution >= 4 is 23.2 Å². The van der Waals surface area contributed by atoms with Crippen molar-refractivity contribution in [3.63, 3.8) is 0 Å². The topological polar surface area (TPSA) is 38.9 Å². The normalized spacial score (nSPS) is 12.5. The van der Waals surface area contributed by atoms with E-state index in [1.54, 1.807) is 18.2 Å². The number of rotatable bonds is 2. The Labute approximate surface area is 108 Å². The summed E-state index contributed by atoms with van der Waals surface area (Å²) in [5.74, 6) is -0.425. The summed E-state index contributed by atoms with van der Waals surface area (Å²) in [4.78, 5) is 3.75. The molecule has 2 aromatic rings. The van der Waals surface area contributed by atoms with E-state index in [2.05, 4.69) is 4.98 Å². The van der Waals surface area contributed by atoms with Gasteiger partial charge in [0.2, 0.25) is 0 Å². The smallest absolute Gasteiger partial charge is 0.141 e. The van der Waals surface area contributed by atoms with Gasteiger partial charge in [0, 0.05) is 16.2 Å². The van der Waals surface area contributed by atoms with Crippen LogP contribution in [0.2, 0.25) is 10.0 Å². The van der Waals surface area contributed by atoms with Crippen LogP contribution >= 0.6 is 23.2 Å². The number of aromatic nitrogens is 1. The van der Waals surface area contributed by atoms with Gasteiger partial charge in [-0.2, -0.15) is 0 Å². The summed E-state index contributed by atoms with van der Waals surface area (Å²) in [5, 5.41) is 0.986. The molecule has 88 valence electrons. The van der Waals surface area contributed by atoms with Crippen LogP contribution in [-0.2, 0) is 0 Å². The first-order chi connectivity index (χ1) is 8.06. The molecule has 0 bridgehead atoms. The molecule has 0 saturated heterocycles. The Bertz CT molecular complexity index is 526. The molecule has 2 rings (SSSR count). The molecule has 0 fully saturated rings. The molecule has 0 saturated carbocycles. The summed E-state index contributed by atoms with van der Waals surface area (Å²) in [6, 6.07) is 5.84. The van der Waals surface area contributed by atoms with Crippen molar-refractivity contribution in [2.24, 2.45) is 5.73 Å². The Morgan fingerprint density at radius 2 is 1.65 bits per heavy atom. The minimum Gasteiger partial charge on any atom is -0.320 e. The molecule has 0 spiro atoms. The molecule has 1 aromatic heterocycles. The molecule has 1 unspecified atom stereocenters. The van der Waals surface area contributed by atoms with Crippen LogP contribution in [0.1, 0.15) is 17.2 Å². The number of benzene rings is 1. The average Bonchev–Trinajstić information content (AvgIpc) is 2.26. The summed E-state index contributed by atoms with van der Waals surface area (Å²) in [6.07, 6.45) is 2.64. The van der Waals surface area contributed by atoms with Gasteiger partial charge in [-0.15, -0.1) is 0 Å². The highest BCUT2D eigenvalue weighted by Gasteiger charge is 2.11. The fourth-order valence-corrected chi connectivity index (χ4v) is 2.09. The van der Waals surface area contributed by atoms with Gasteiger partial charge in [-0.05, 0) is 35.4 Å². The van der Waals surface area contributed by atoms with Crippen LogP contribution in [-0.4, -0.2) is 4.98 Å². The number of halogens is 3. The van der Waals surface area contributed by atoms with E-state index < -0.39 is 11.9 Å². The standard InChI is InChI=1S/C12H9Cl2FN2/c13-9-1-7(2-10(14)4-9)12(16)8-3-11(15)6-17-5-8/h1-6,12H,16H2. The molecule has 17 heavy (non-hydrogen) atoms. The Hall–Kier alpha value is -1.16. The molecule has 0 aliphatic carbocycles. The van der Waals surface area contributed by atoms with E-state index in [1.807, 2.05) is 0 Å². The molecule has 0 aliphatic rings. The van der Waals surface area contributed by atoms with Crippen molar-refractivity contribution in [1.82, 2.24) is 4.98 Å². The Kier molecular flexibility index (Phi) is 3.62. The van der Waals surface area contributed by atoms with Gasteiger partial charge in [-0.1, -0.05) is 23.2 Å². The minimum atomic E-state index is -0.505. The zero-order chi connectivity index (χ0) is 12.4. The van der Waals surface area contributed by atoms with Gasteiger partial charge in [0.05, 0.1) is 12.2 Å². The van der Waals surface area contributed by atoms with Gasteiger partial charge in [-0.3, -0.25) is 4.98 Å². The molecule has 1 heterocycles. The maximum atomic E-state index is 13.0. The first-order valence-electron chi connectivity index (χ1n) is 4.88. The monoisotopic (exact) mass is 270 g/mol. The Morgan fingerprint density at radius 3 is 2.24 bits per heavy atom. The Balaban J connectivity index is 2.39. The van der Waals surface area contributed by atoms with Crippen LogP contribution in [0.5, 0.6) is 0 Å². The summed E-state index contributed by atoms with van der Waals surface area (Å²) in [6.45, 7) is 0. The number of nitrogens with zero attached hydrogens (tertiary/aromatic N) is 1. The minimum absolute atomic E-state index is 0.425. The number of nitrogens with two attached hydrogens (primary N) is 1. The second kappa shape index (κ2) is 5.00. The zero-order valence-electron chi connectivity index (χ0n) is 8.70. The highest BCUT2D eigenvalue weighted by atomic mass is 35.5. The second-order valence-corrected chi connectivity index (χ2v) is 4.49. The van der Waals surface area contributed by atoms with Crippen molar-refractivity contribution in [2.45, 2.75) is 6.04 Å². The zero-order valence-corrected chi connectivity index (χ0v) is 10.2. The lowest BCUT2D eigenvalue weighted by Gasteiger charge is -2.13. The molecular weight excluding hydrogens is 262 g/mol. The van der Waals surface area contributed by atoms with E-state index in [4.69, 9.17) is 28.9 Å². The molecule has 2 N–H and O–H groups in total. The van der Waals surface area contributed by atoms with Crippen molar-refractivity contribution < 1.29 is 4.39 Å². The lowest BCUT2D eigenvalue weighted by atomic mass is 10.0. The molecule has 5 heteroatoms. The van der Waals surface area contributed by atoms with E-state index in [-0.39, 0.29) is 0 Å². The SMILES string of the molecule is NC(c1cncc(F)c1)c1cc(Cl)cc(Cl)c1. The molecule has 0 radical (unpaired) electrons. The molecular formula is C12H9Cl2FN2. The van der Waals surface area contributed by atoms with Crippen LogP contribution in [0.4, 0.5) is 4.39 Å². The molecule has 0 aliphatic heterocycles. The van der Waals surface area contributed by atoms with E-state index >= 15 is 0 Å². The first-order valence-corrected chi connectivity index (χ1v) is 5.64. The van der Waals surface area contributed by atoms with Gasteiger partial charge in [-0.25, -0.2) is 4.39 Å². The molecule has 1 aromatic carbocycles. The first kappa shape index (κ1) is 12.3. The average molecular weight is 271 g/mol. The van der Waals surface area contributed by atoms with Gasteiger partial charge in [0.1, 0.15) is 5.82 Å². The van der Waals surface area contributed by atoms with Crippen LogP contribution in [0.3, 0.4) is 0 Å². The van der Waals surface area contributed by atoms with E-state index in [0.29, 0.717) is 15.6 Å². The van der Waals surface area contributed by atoms with Crippen LogP contribution in [0, 0.1) is 5.82 Å². The lowest BCUT2D eigenvalue weighted by Crippen LogP contribution is -2.12. The predicted octanol–water partition coefficient (Wildman–Crippen LogP) is 3.58. The lowest BCUT2D eigenvalue weighted by molar-refractivity contribution is 0.616. The van der Waals surface area contributed by atoms with Crippen LogP contribution in [0.15, 0.2) is 36.7 Å². The summed E-state index contributed by atoms with van der Waals surface area (Å²) >= 11 is 11.8. The largest absolute Gasteiger partial charge is 0.320 e. The number of pyridine rings is 1. The fraction of sp³-hybridized carbons (Fsp3) is 0.0833. The van der Waals surface area contributed by atoms with Crippen molar-refractivity contribution in [1.29, 1.82) is 0 Å². The number of hydrogen-bond donors (Lipinski definition) is 1. The molecule has 0 amide bonds. The second-order valence-electron chi connectivity index (χ2n) is 3.62. The third-order valence-electron chi connectivity index (χ3n) is 2.33. The van der Waals surface area contributed by atoms with Gasteiger partial charge < -0.3 is 5.73 Å². The third kappa shape index (κ3) is 2.94. The van der Waals surface area contributed by atoms with Crippen LogP contribution in [0.25, 0.3) is 0 Å². The van der Waals surface area contributed by atoms with Crippen molar-refractivity contribution in [3.8, 4) is 0 Å².